The quantitative estimate of drug-likeness (QED) is 0.229. The van der Waals surface area contributed by atoms with Crippen molar-refractivity contribution in [3.05, 3.63) is 102 Å². The van der Waals surface area contributed by atoms with Crippen LogP contribution in [0.25, 0.3) is 27.9 Å². The molecule has 0 spiro atoms. The van der Waals surface area contributed by atoms with Gasteiger partial charge in [0.2, 0.25) is 10.0 Å². The summed E-state index contributed by atoms with van der Waals surface area (Å²) in [6, 6.07) is 18.2. The van der Waals surface area contributed by atoms with Crippen LogP contribution >= 0.6 is 0 Å². The molecule has 10 nitrogen and oxygen atoms in total. The number of nitrogens with one attached hydrogen (secondary N) is 1. The molecule has 2 amide bonds. The van der Waals surface area contributed by atoms with Gasteiger partial charge in [-0.25, -0.2) is 22.3 Å². The molecule has 3 heterocycles. The Balaban J connectivity index is 1.59. The standard InChI is InChI=1S/C34H33FN6O4S/c1-5-40(46(4,44)45)29-20-39-28(31(33(42)36-3)32(38-39)22-11-13-24(35)14-12-22)19-27(29)26-18-23(10-9-21(26)2)34(43)41(25-15-16-25)30-8-6-7-17-37-30/h6-14,17-20,25H,5,15-16H2,1-4H3,(H,36,42). The van der Waals surface area contributed by atoms with Crippen LogP contribution < -0.4 is 14.5 Å². The highest BCUT2D eigenvalue weighted by atomic mass is 32.2. The second-order valence-corrected chi connectivity index (χ2v) is 13.2. The fourth-order valence-corrected chi connectivity index (χ4v) is 6.68. The molecule has 2 aromatic carbocycles. The molecule has 0 bridgehead atoms. The van der Waals surface area contributed by atoms with E-state index in [9.17, 15) is 22.4 Å². The van der Waals surface area contributed by atoms with Crippen LogP contribution in [-0.2, 0) is 10.0 Å². The third-order valence-corrected chi connectivity index (χ3v) is 9.33. The van der Waals surface area contributed by atoms with Crippen LogP contribution in [0.2, 0.25) is 0 Å². The maximum Gasteiger partial charge on any atom is 0.259 e. The van der Waals surface area contributed by atoms with E-state index in [0.717, 1.165) is 24.7 Å². The van der Waals surface area contributed by atoms with Crippen molar-refractivity contribution in [3.63, 3.8) is 0 Å². The van der Waals surface area contributed by atoms with Gasteiger partial charge in [-0.05, 0) is 92.4 Å². The molecule has 0 unspecified atom stereocenters. The van der Waals surface area contributed by atoms with Crippen LogP contribution in [0.5, 0.6) is 0 Å². The summed E-state index contributed by atoms with van der Waals surface area (Å²) in [5.74, 6) is -0.496. The van der Waals surface area contributed by atoms with Gasteiger partial charge in [0.1, 0.15) is 17.3 Å². The Kier molecular flexibility index (Phi) is 8.07. The topological polar surface area (TPSA) is 117 Å². The van der Waals surface area contributed by atoms with Crippen LogP contribution in [0.1, 0.15) is 46.0 Å². The first-order valence-corrected chi connectivity index (χ1v) is 16.7. The molecule has 236 valence electrons. The van der Waals surface area contributed by atoms with E-state index < -0.39 is 21.7 Å². The number of aromatic nitrogens is 3. The Labute approximate surface area is 266 Å². The van der Waals surface area contributed by atoms with E-state index in [0.29, 0.717) is 45.0 Å². The molecule has 1 fully saturated rings. The van der Waals surface area contributed by atoms with E-state index in [-0.39, 0.29) is 24.1 Å². The van der Waals surface area contributed by atoms with Gasteiger partial charge in [-0.2, -0.15) is 5.10 Å². The number of anilines is 2. The van der Waals surface area contributed by atoms with Gasteiger partial charge in [0, 0.05) is 42.5 Å². The lowest BCUT2D eigenvalue weighted by atomic mass is 9.95. The van der Waals surface area contributed by atoms with Crippen LogP contribution in [-0.4, -0.2) is 60.7 Å². The highest BCUT2D eigenvalue weighted by Crippen LogP contribution is 2.39. The lowest BCUT2D eigenvalue weighted by Crippen LogP contribution is -2.33. The monoisotopic (exact) mass is 640 g/mol. The van der Waals surface area contributed by atoms with E-state index in [1.165, 1.54) is 40.1 Å². The summed E-state index contributed by atoms with van der Waals surface area (Å²) in [4.78, 5) is 33.5. The number of hydrogen-bond acceptors (Lipinski definition) is 6. The Morgan fingerprint density at radius 3 is 2.39 bits per heavy atom. The normalized spacial score (nSPS) is 13.1. The number of hydrogen-bond donors (Lipinski definition) is 1. The van der Waals surface area contributed by atoms with Crippen molar-refractivity contribution < 1.29 is 22.4 Å². The third-order valence-electron chi connectivity index (χ3n) is 8.08. The number of nitrogens with zero attached hydrogens (tertiary/aromatic N) is 5. The van der Waals surface area contributed by atoms with Gasteiger partial charge in [0.05, 0.1) is 29.2 Å². The second kappa shape index (κ2) is 12.0. The number of rotatable bonds is 9. The smallest absolute Gasteiger partial charge is 0.259 e. The largest absolute Gasteiger partial charge is 0.355 e. The van der Waals surface area contributed by atoms with Crippen LogP contribution in [0.15, 0.2) is 79.1 Å². The number of fused-ring (bicyclic) bond motifs is 1. The first-order valence-electron chi connectivity index (χ1n) is 14.9. The molecule has 0 saturated heterocycles. The minimum atomic E-state index is -3.75. The number of carbonyl (C=O) groups is 2. The number of sulfonamides is 1. The summed E-state index contributed by atoms with van der Waals surface area (Å²) < 4.78 is 42.7. The maximum atomic E-state index is 14.0. The zero-order valence-electron chi connectivity index (χ0n) is 25.9. The zero-order chi connectivity index (χ0) is 32.7. The first kappa shape index (κ1) is 30.9. The average Bonchev–Trinajstić information content (AvgIpc) is 3.80. The second-order valence-electron chi connectivity index (χ2n) is 11.3. The van der Waals surface area contributed by atoms with E-state index in [2.05, 4.69) is 15.4 Å². The first-order chi connectivity index (χ1) is 22.0. The SMILES string of the molecule is CCN(c1cn2nc(-c3ccc(F)cc3)c(C(=O)NC)c2cc1-c1cc(C(=O)N(c2ccccn2)C2CC2)ccc1C)S(C)(=O)=O. The van der Waals surface area contributed by atoms with Crippen molar-refractivity contribution in [1.82, 2.24) is 19.9 Å². The van der Waals surface area contributed by atoms with E-state index in [1.807, 2.05) is 19.1 Å². The molecule has 5 aromatic rings. The predicted molar refractivity (Wildman–Crippen MR) is 176 cm³/mol. The summed E-state index contributed by atoms with van der Waals surface area (Å²) in [6.45, 7) is 3.73. The van der Waals surface area contributed by atoms with Crippen LogP contribution in [0.4, 0.5) is 15.9 Å². The van der Waals surface area contributed by atoms with Crippen LogP contribution in [0.3, 0.4) is 0 Å². The molecule has 6 rings (SSSR count). The number of amides is 2. The number of aryl methyl sites for hydroxylation is 1. The van der Waals surface area contributed by atoms with Gasteiger partial charge in [0.25, 0.3) is 11.8 Å². The van der Waals surface area contributed by atoms with Gasteiger partial charge in [-0.1, -0.05) is 12.1 Å². The van der Waals surface area contributed by atoms with Crippen molar-refractivity contribution in [3.8, 4) is 22.4 Å². The van der Waals surface area contributed by atoms with Crippen molar-refractivity contribution in [2.24, 2.45) is 0 Å². The average molecular weight is 641 g/mol. The lowest BCUT2D eigenvalue weighted by molar-refractivity contribution is 0.0962. The third kappa shape index (κ3) is 5.71. The molecular formula is C34H33FN6O4S. The Hall–Kier alpha value is -5.10. The molecule has 0 radical (unpaired) electrons. The number of benzene rings is 2. The summed E-state index contributed by atoms with van der Waals surface area (Å²) in [5, 5.41) is 7.34. The number of pyridine rings is 2. The van der Waals surface area contributed by atoms with E-state index in [1.54, 1.807) is 54.5 Å². The fourth-order valence-electron chi connectivity index (χ4n) is 5.71. The minimum Gasteiger partial charge on any atom is -0.355 e. The number of carbonyl (C=O) groups excluding carboxylic acids is 2. The zero-order valence-corrected chi connectivity index (χ0v) is 26.7. The fraction of sp³-hybridized carbons (Fsp3) is 0.235. The minimum absolute atomic E-state index is 0.0478. The molecule has 1 saturated carbocycles. The van der Waals surface area contributed by atoms with E-state index in [4.69, 9.17) is 0 Å². The molecule has 1 aliphatic rings. The molecule has 1 aliphatic carbocycles. The summed E-state index contributed by atoms with van der Waals surface area (Å²) >= 11 is 0. The van der Waals surface area contributed by atoms with Gasteiger partial charge in [-0.3, -0.25) is 18.8 Å². The van der Waals surface area contributed by atoms with Crippen molar-refractivity contribution >= 4 is 38.9 Å². The van der Waals surface area contributed by atoms with Gasteiger partial charge >= 0.3 is 0 Å². The van der Waals surface area contributed by atoms with Gasteiger partial charge < -0.3 is 5.32 Å². The summed E-state index contributed by atoms with van der Waals surface area (Å²) in [5.41, 5.74) is 4.12. The van der Waals surface area contributed by atoms with Gasteiger partial charge in [0.15, 0.2) is 0 Å². The Bertz CT molecular complexity index is 2080. The number of halogens is 1. The molecule has 0 atom stereocenters. The molecule has 1 N–H and O–H groups in total. The molecule has 3 aromatic heterocycles. The van der Waals surface area contributed by atoms with Crippen LogP contribution in [0, 0.1) is 12.7 Å². The summed E-state index contributed by atoms with van der Waals surface area (Å²) in [7, 11) is -2.25. The molecule has 46 heavy (non-hydrogen) atoms. The molecule has 12 heteroatoms. The molecular weight excluding hydrogens is 607 g/mol. The molecule has 0 aliphatic heterocycles. The Morgan fingerprint density at radius 2 is 1.78 bits per heavy atom. The lowest BCUT2D eigenvalue weighted by Gasteiger charge is -2.25. The maximum absolute atomic E-state index is 14.0. The highest BCUT2D eigenvalue weighted by Gasteiger charge is 2.35. The van der Waals surface area contributed by atoms with Crippen molar-refractivity contribution in [2.75, 3.05) is 29.1 Å². The highest BCUT2D eigenvalue weighted by molar-refractivity contribution is 7.92. The van der Waals surface area contributed by atoms with Crippen molar-refractivity contribution in [2.45, 2.75) is 32.7 Å². The van der Waals surface area contributed by atoms with Crippen molar-refractivity contribution in [1.29, 1.82) is 0 Å². The van der Waals surface area contributed by atoms with E-state index >= 15 is 0 Å². The predicted octanol–water partition coefficient (Wildman–Crippen LogP) is 5.47. The Morgan fingerprint density at radius 1 is 1.04 bits per heavy atom. The van der Waals surface area contributed by atoms with Gasteiger partial charge in [-0.15, -0.1) is 0 Å². The summed E-state index contributed by atoms with van der Waals surface area (Å²) in [6.07, 6.45) is 6.11.